The Morgan fingerprint density at radius 1 is 1.00 bits per heavy atom. The third-order valence-electron chi connectivity index (χ3n) is 7.27. The van der Waals surface area contributed by atoms with Crippen molar-refractivity contribution in [3.05, 3.63) is 77.9 Å². The minimum absolute atomic E-state index is 0.116. The molecule has 5 N–H and O–H groups in total. The first-order valence-electron chi connectivity index (χ1n) is 12.7. The van der Waals surface area contributed by atoms with E-state index in [1.807, 2.05) is 60.7 Å². The summed E-state index contributed by atoms with van der Waals surface area (Å²) >= 11 is 0. The molecule has 1 amide bonds. The number of hydrogen-bond donors (Lipinski definition) is 4. The van der Waals surface area contributed by atoms with Crippen LogP contribution < -0.4 is 11.2 Å². The van der Waals surface area contributed by atoms with Crippen LogP contribution in [0.1, 0.15) is 42.6 Å². The number of nitrogens with two attached hydrogens (primary N) is 1. The number of benzene rings is 4. The zero-order valence-electron chi connectivity index (χ0n) is 22.0. The van der Waals surface area contributed by atoms with Gasteiger partial charge in [0.25, 0.3) is 5.91 Å². The highest BCUT2D eigenvalue weighted by Crippen LogP contribution is 2.44. The predicted molar refractivity (Wildman–Crippen MR) is 153 cm³/mol. The predicted octanol–water partition coefficient (Wildman–Crippen LogP) is 6.78. The highest BCUT2D eigenvalue weighted by atomic mass is 16.3. The van der Waals surface area contributed by atoms with Gasteiger partial charge in [-0.1, -0.05) is 56.3 Å². The summed E-state index contributed by atoms with van der Waals surface area (Å²) in [6, 6.07) is 21.3. The molecule has 0 atom stereocenters. The van der Waals surface area contributed by atoms with E-state index in [9.17, 15) is 9.90 Å². The van der Waals surface area contributed by atoms with E-state index in [2.05, 4.69) is 34.5 Å². The molecule has 8 nitrogen and oxygen atoms in total. The van der Waals surface area contributed by atoms with E-state index in [-0.39, 0.29) is 22.5 Å². The number of hydrazine groups is 1. The number of fused-ring (bicyclic) bond motifs is 5. The molecule has 0 bridgehead atoms. The Hall–Kier alpha value is -4.27. The number of aromatic amines is 1. The zero-order chi connectivity index (χ0) is 27.0. The van der Waals surface area contributed by atoms with E-state index < -0.39 is 5.91 Å². The minimum Gasteiger partial charge on any atom is -0.505 e. The lowest BCUT2D eigenvalue weighted by molar-refractivity contribution is 0.0854. The third-order valence-corrected chi connectivity index (χ3v) is 7.27. The molecule has 0 aliphatic rings. The molecule has 0 radical (unpaired) electrons. The molecule has 0 aliphatic carbocycles. The lowest BCUT2D eigenvalue weighted by Crippen LogP contribution is -2.36. The standard InChI is InChI=1S/C30H32N6O2/c1-5-30(31,6-2)19-12-14-20(15-13-19)33-34-27-25-18(17-23(28(27)37)29(38)35-36(3)4)11-16-22-21-9-7-8-10-24(21)32-26(22)25/h7-17,32,37H,5-6,31H2,1-4H3,(H,35,38). The van der Waals surface area contributed by atoms with E-state index in [1.54, 1.807) is 20.2 Å². The van der Waals surface area contributed by atoms with Gasteiger partial charge in [-0.2, -0.15) is 5.11 Å². The van der Waals surface area contributed by atoms with Crippen molar-refractivity contribution in [2.45, 2.75) is 32.2 Å². The first-order valence-corrected chi connectivity index (χ1v) is 12.7. The number of aromatic hydroxyl groups is 1. The fourth-order valence-corrected chi connectivity index (χ4v) is 4.94. The van der Waals surface area contributed by atoms with Gasteiger partial charge in [0.05, 0.1) is 16.8 Å². The molecule has 0 saturated carbocycles. The Morgan fingerprint density at radius 3 is 2.39 bits per heavy atom. The van der Waals surface area contributed by atoms with Gasteiger partial charge >= 0.3 is 0 Å². The van der Waals surface area contributed by atoms with Gasteiger partial charge in [0.15, 0.2) is 5.75 Å². The van der Waals surface area contributed by atoms with Gasteiger partial charge in [-0.25, -0.2) is 5.01 Å². The number of azo groups is 1. The van der Waals surface area contributed by atoms with Crippen LogP contribution in [-0.2, 0) is 5.54 Å². The number of nitrogens with zero attached hydrogens (tertiary/aromatic N) is 3. The van der Waals surface area contributed by atoms with Crippen LogP contribution in [0.4, 0.5) is 11.4 Å². The van der Waals surface area contributed by atoms with Crippen molar-refractivity contribution in [2.75, 3.05) is 14.1 Å². The highest BCUT2D eigenvalue weighted by Gasteiger charge is 2.23. The molecule has 4 aromatic carbocycles. The summed E-state index contributed by atoms with van der Waals surface area (Å²) < 4.78 is 0. The smallest absolute Gasteiger partial charge is 0.269 e. The number of H-pyrrole nitrogens is 1. The van der Waals surface area contributed by atoms with Gasteiger partial charge in [-0.3, -0.25) is 10.2 Å². The molecule has 0 saturated heterocycles. The number of para-hydroxylation sites is 1. The average molecular weight is 509 g/mol. The molecule has 1 heterocycles. The number of carbonyl (C=O) groups is 1. The second-order valence-electron chi connectivity index (χ2n) is 9.82. The maximum absolute atomic E-state index is 12.9. The Bertz CT molecular complexity index is 1680. The van der Waals surface area contributed by atoms with Gasteiger partial charge in [0.1, 0.15) is 5.69 Å². The lowest BCUT2D eigenvalue weighted by atomic mass is 9.86. The summed E-state index contributed by atoms with van der Waals surface area (Å²) in [6.07, 6.45) is 1.65. The summed E-state index contributed by atoms with van der Waals surface area (Å²) in [6.45, 7) is 4.16. The first-order chi connectivity index (χ1) is 18.3. The monoisotopic (exact) mass is 508 g/mol. The van der Waals surface area contributed by atoms with Crippen LogP contribution in [-0.4, -0.2) is 35.1 Å². The maximum atomic E-state index is 12.9. The number of hydrogen-bond acceptors (Lipinski definition) is 6. The lowest BCUT2D eigenvalue weighted by Gasteiger charge is -2.27. The van der Waals surface area contributed by atoms with Gasteiger partial charge in [-0.05, 0) is 48.1 Å². The van der Waals surface area contributed by atoms with Crippen molar-refractivity contribution >= 4 is 49.9 Å². The molecule has 0 spiro atoms. The van der Waals surface area contributed by atoms with Gasteiger partial charge < -0.3 is 15.8 Å². The first kappa shape index (κ1) is 25.4. The van der Waals surface area contributed by atoms with Crippen LogP contribution in [0.25, 0.3) is 32.6 Å². The summed E-state index contributed by atoms with van der Waals surface area (Å²) in [7, 11) is 3.42. The van der Waals surface area contributed by atoms with E-state index in [1.165, 1.54) is 5.01 Å². The second kappa shape index (κ2) is 9.89. The molecule has 194 valence electrons. The zero-order valence-corrected chi connectivity index (χ0v) is 22.0. The Morgan fingerprint density at radius 2 is 1.71 bits per heavy atom. The van der Waals surface area contributed by atoms with E-state index in [0.717, 1.165) is 45.6 Å². The van der Waals surface area contributed by atoms with Crippen LogP contribution in [0.2, 0.25) is 0 Å². The largest absolute Gasteiger partial charge is 0.505 e. The number of aromatic nitrogens is 1. The van der Waals surface area contributed by atoms with Crippen molar-refractivity contribution in [2.24, 2.45) is 16.0 Å². The average Bonchev–Trinajstić information content (AvgIpc) is 3.30. The van der Waals surface area contributed by atoms with E-state index in [0.29, 0.717) is 11.1 Å². The number of rotatable bonds is 7. The van der Waals surface area contributed by atoms with Crippen molar-refractivity contribution in [1.82, 2.24) is 15.4 Å². The SMILES string of the molecule is CCC(N)(CC)c1ccc(N=Nc2c(O)c(C(=O)NN(C)C)cc3ccc4c5ccccc5[nH]c4c23)cc1. The van der Waals surface area contributed by atoms with Crippen LogP contribution in [0.5, 0.6) is 5.75 Å². The fourth-order valence-electron chi connectivity index (χ4n) is 4.94. The third kappa shape index (κ3) is 4.38. The number of nitrogens with one attached hydrogen (secondary N) is 2. The van der Waals surface area contributed by atoms with Gasteiger partial charge in [0.2, 0.25) is 0 Å². The van der Waals surface area contributed by atoms with Gasteiger partial charge in [0, 0.05) is 41.3 Å². The van der Waals surface area contributed by atoms with Crippen LogP contribution in [0.15, 0.2) is 77.0 Å². The van der Waals surface area contributed by atoms with Crippen molar-refractivity contribution in [3.63, 3.8) is 0 Å². The van der Waals surface area contributed by atoms with Crippen LogP contribution in [0.3, 0.4) is 0 Å². The number of amides is 1. The van der Waals surface area contributed by atoms with E-state index >= 15 is 0 Å². The Labute approximate surface area is 221 Å². The van der Waals surface area contributed by atoms with Crippen molar-refractivity contribution in [1.29, 1.82) is 0 Å². The molecule has 5 aromatic rings. The molecule has 0 aliphatic heterocycles. The quantitative estimate of drug-likeness (QED) is 0.143. The Kier molecular flexibility index (Phi) is 6.60. The Balaban J connectivity index is 1.70. The molecule has 0 unspecified atom stereocenters. The van der Waals surface area contributed by atoms with Crippen LogP contribution >= 0.6 is 0 Å². The maximum Gasteiger partial charge on any atom is 0.269 e. The van der Waals surface area contributed by atoms with E-state index in [4.69, 9.17) is 5.73 Å². The topological polar surface area (TPSA) is 119 Å². The molecule has 8 heteroatoms. The normalized spacial score (nSPS) is 12.4. The van der Waals surface area contributed by atoms with Crippen LogP contribution in [0, 0.1) is 0 Å². The summed E-state index contributed by atoms with van der Waals surface area (Å²) in [4.78, 5) is 16.4. The molecule has 38 heavy (non-hydrogen) atoms. The summed E-state index contributed by atoms with van der Waals surface area (Å²) in [5.74, 6) is -0.674. The molecule has 1 aromatic heterocycles. The molecule has 5 rings (SSSR count). The fraction of sp³-hybridized carbons (Fsp3) is 0.233. The van der Waals surface area contributed by atoms with Crippen molar-refractivity contribution in [3.8, 4) is 5.75 Å². The second-order valence-corrected chi connectivity index (χ2v) is 9.82. The highest BCUT2D eigenvalue weighted by molar-refractivity contribution is 6.21. The number of phenols is 1. The number of carbonyl (C=O) groups excluding carboxylic acids is 1. The summed E-state index contributed by atoms with van der Waals surface area (Å²) in [5.41, 5.74) is 12.6. The molecular formula is C30H32N6O2. The summed E-state index contributed by atoms with van der Waals surface area (Å²) in [5, 5.41) is 25.3. The number of phenolic OH excluding ortho intramolecular Hbond substituents is 1. The van der Waals surface area contributed by atoms with Gasteiger partial charge in [-0.15, -0.1) is 5.11 Å². The molecular weight excluding hydrogens is 476 g/mol. The van der Waals surface area contributed by atoms with Crippen molar-refractivity contribution < 1.29 is 9.90 Å². The molecule has 0 fully saturated rings. The minimum atomic E-state index is -0.439.